The van der Waals surface area contributed by atoms with E-state index in [2.05, 4.69) is 55.3 Å². The van der Waals surface area contributed by atoms with Crippen LogP contribution in [0.5, 0.6) is 0 Å². The summed E-state index contributed by atoms with van der Waals surface area (Å²) in [6, 6.07) is 11.2. The van der Waals surface area contributed by atoms with Gasteiger partial charge in [0, 0.05) is 17.6 Å². The van der Waals surface area contributed by atoms with E-state index in [0.717, 1.165) is 18.5 Å². The molecule has 0 spiro atoms. The van der Waals surface area contributed by atoms with Crippen molar-refractivity contribution in [2.24, 2.45) is 5.92 Å². The molecule has 0 aliphatic carbocycles. The van der Waals surface area contributed by atoms with E-state index < -0.39 is 0 Å². The Morgan fingerprint density at radius 1 is 1.16 bits per heavy atom. The second-order valence-electron chi connectivity index (χ2n) is 5.44. The van der Waals surface area contributed by atoms with Gasteiger partial charge in [-0.05, 0) is 36.9 Å². The van der Waals surface area contributed by atoms with Gasteiger partial charge in [0.05, 0.1) is 5.52 Å². The predicted octanol–water partition coefficient (Wildman–Crippen LogP) is 3.80. The fraction of sp³-hybridized carbons (Fsp3) is 0.471. The van der Waals surface area contributed by atoms with Gasteiger partial charge in [0.1, 0.15) is 0 Å². The smallest absolute Gasteiger partial charge is 0.0733 e. The van der Waals surface area contributed by atoms with Crippen LogP contribution >= 0.6 is 0 Å². The Balaban J connectivity index is 2.13. The number of para-hydroxylation sites is 1. The number of hydrogen-bond acceptors (Lipinski definition) is 2. The number of nitrogens with zero attached hydrogens (tertiary/aromatic N) is 1. The highest BCUT2D eigenvalue weighted by Gasteiger charge is 2.12. The van der Waals surface area contributed by atoms with E-state index in [1.54, 1.807) is 0 Å². The van der Waals surface area contributed by atoms with Gasteiger partial charge in [-0.15, -0.1) is 0 Å². The standard InChI is InChI=1S/C17H24N2/c1-4-18-16(13(2)3)11-10-15-8-5-7-14-9-6-12-19-17(14)15/h5-9,12-13,16,18H,4,10-11H2,1-3H3. The zero-order chi connectivity index (χ0) is 13.7. The maximum Gasteiger partial charge on any atom is 0.0733 e. The van der Waals surface area contributed by atoms with Gasteiger partial charge in [-0.1, -0.05) is 45.0 Å². The Morgan fingerprint density at radius 2 is 1.95 bits per heavy atom. The van der Waals surface area contributed by atoms with Crippen LogP contribution < -0.4 is 5.32 Å². The molecule has 1 unspecified atom stereocenters. The highest BCUT2D eigenvalue weighted by Crippen LogP contribution is 2.19. The van der Waals surface area contributed by atoms with Crippen molar-refractivity contribution in [2.75, 3.05) is 6.54 Å². The van der Waals surface area contributed by atoms with Crippen LogP contribution in [0.4, 0.5) is 0 Å². The van der Waals surface area contributed by atoms with Crippen molar-refractivity contribution in [1.29, 1.82) is 0 Å². The minimum absolute atomic E-state index is 0.587. The van der Waals surface area contributed by atoms with E-state index in [0.29, 0.717) is 12.0 Å². The molecule has 0 fully saturated rings. The summed E-state index contributed by atoms with van der Waals surface area (Å²) in [4.78, 5) is 4.53. The van der Waals surface area contributed by atoms with Crippen molar-refractivity contribution in [3.63, 3.8) is 0 Å². The lowest BCUT2D eigenvalue weighted by molar-refractivity contribution is 0.385. The predicted molar refractivity (Wildman–Crippen MR) is 82.4 cm³/mol. The molecule has 1 heterocycles. The van der Waals surface area contributed by atoms with Gasteiger partial charge in [-0.3, -0.25) is 4.98 Å². The lowest BCUT2D eigenvalue weighted by atomic mass is 9.95. The molecule has 102 valence electrons. The molecule has 1 N–H and O–H groups in total. The number of pyridine rings is 1. The topological polar surface area (TPSA) is 24.9 Å². The average molecular weight is 256 g/mol. The third-order valence-electron chi connectivity index (χ3n) is 3.71. The summed E-state index contributed by atoms with van der Waals surface area (Å²) >= 11 is 0. The molecule has 0 amide bonds. The van der Waals surface area contributed by atoms with E-state index in [9.17, 15) is 0 Å². The molecule has 1 aromatic heterocycles. The summed E-state index contributed by atoms with van der Waals surface area (Å²) in [5.41, 5.74) is 2.52. The molecule has 0 saturated heterocycles. The van der Waals surface area contributed by atoms with Crippen molar-refractivity contribution in [1.82, 2.24) is 10.3 Å². The lowest BCUT2D eigenvalue weighted by Crippen LogP contribution is -2.34. The van der Waals surface area contributed by atoms with Gasteiger partial charge >= 0.3 is 0 Å². The van der Waals surface area contributed by atoms with Gasteiger partial charge in [0.25, 0.3) is 0 Å². The molecular formula is C17H24N2. The summed E-state index contributed by atoms with van der Waals surface area (Å²) in [5, 5.41) is 4.82. The molecule has 0 aliphatic rings. The van der Waals surface area contributed by atoms with Gasteiger partial charge in [0.15, 0.2) is 0 Å². The second-order valence-corrected chi connectivity index (χ2v) is 5.44. The zero-order valence-corrected chi connectivity index (χ0v) is 12.2. The number of benzene rings is 1. The van der Waals surface area contributed by atoms with Crippen LogP contribution in [0.3, 0.4) is 0 Å². The first-order valence-electron chi connectivity index (χ1n) is 7.28. The quantitative estimate of drug-likeness (QED) is 0.850. The lowest BCUT2D eigenvalue weighted by Gasteiger charge is -2.21. The third kappa shape index (κ3) is 3.54. The van der Waals surface area contributed by atoms with E-state index >= 15 is 0 Å². The average Bonchev–Trinajstić information content (AvgIpc) is 2.43. The van der Waals surface area contributed by atoms with Crippen LogP contribution in [0.25, 0.3) is 10.9 Å². The molecule has 0 aliphatic heterocycles. The van der Waals surface area contributed by atoms with Crippen molar-refractivity contribution in [2.45, 2.75) is 39.7 Å². The number of nitrogens with one attached hydrogen (secondary N) is 1. The summed E-state index contributed by atoms with van der Waals surface area (Å²) < 4.78 is 0. The zero-order valence-electron chi connectivity index (χ0n) is 12.2. The summed E-state index contributed by atoms with van der Waals surface area (Å²) in [7, 11) is 0. The molecule has 2 aromatic rings. The number of hydrogen-bond donors (Lipinski definition) is 1. The minimum Gasteiger partial charge on any atom is -0.314 e. The Morgan fingerprint density at radius 3 is 2.68 bits per heavy atom. The van der Waals surface area contributed by atoms with Crippen molar-refractivity contribution < 1.29 is 0 Å². The molecule has 1 aromatic carbocycles. The molecule has 0 saturated carbocycles. The molecule has 2 heteroatoms. The molecule has 19 heavy (non-hydrogen) atoms. The minimum atomic E-state index is 0.587. The molecule has 0 radical (unpaired) electrons. The highest BCUT2D eigenvalue weighted by atomic mass is 14.9. The normalized spacial score (nSPS) is 13.1. The maximum absolute atomic E-state index is 4.53. The first-order chi connectivity index (χ1) is 9.22. The Labute approximate surface area is 116 Å². The fourth-order valence-corrected chi connectivity index (χ4v) is 2.61. The number of aromatic nitrogens is 1. The van der Waals surface area contributed by atoms with E-state index in [1.807, 2.05) is 12.3 Å². The largest absolute Gasteiger partial charge is 0.314 e. The summed E-state index contributed by atoms with van der Waals surface area (Å²) in [6.45, 7) is 7.79. The number of aryl methyl sites for hydroxylation is 1. The molecule has 2 nitrogen and oxygen atoms in total. The van der Waals surface area contributed by atoms with Gasteiger partial charge in [-0.25, -0.2) is 0 Å². The SMILES string of the molecule is CCNC(CCc1cccc2cccnc12)C(C)C. The van der Waals surface area contributed by atoms with Gasteiger partial charge in [-0.2, -0.15) is 0 Å². The van der Waals surface area contributed by atoms with Crippen molar-refractivity contribution >= 4 is 10.9 Å². The van der Waals surface area contributed by atoms with Crippen molar-refractivity contribution in [3.05, 3.63) is 42.1 Å². The molecule has 2 rings (SSSR count). The Bertz CT molecular complexity index is 514. The fourth-order valence-electron chi connectivity index (χ4n) is 2.61. The third-order valence-corrected chi connectivity index (χ3v) is 3.71. The first-order valence-corrected chi connectivity index (χ1v) is 7.28. The summed E-state index contributed by atoms with van der Waals surface area (Å²) in [6.07, 6.45) is 4.14. The first kappa shape index (κ1) is 14.0. The van der Waals surface area contributed by atoms with Crippen LogP contribution in [0, 0.1) is 5.92 Å². The Hall–Kier alpha value is -1.41. The van der Waals surface area contributed by atoms with E-state index in [4.69, 9.17) is 0 Å². The number of fused-ring (bicyclic) bond motifs is 1. The van der Waals surface area contributed by atoms with E-state index in [1.165, 1.54) is 17.4 Å². The van der Waals surface area contributed by atoms with Crippen molar-refractivity contribution in [3.8, 4) is 0 Å². The molecular weight excluding hydrogens is 232 g/mol. The highest BCUT2D eigenvalue weighted by molar-refractivity contribution is 5.81. The van der Waals surface area contributed by atoms with Crippen LogP contribution in [0.15, 0.2) is 36.5 Å². The van der Waals surface area contributed by atoms with E-state index in [-0.39, 0.29) is 0 Å². The van der Waals surface area contributed by atoms with Crippen LogP contribution in [0.2, 0.25) is 0 Å². The monoisotopic (exact) mass is 256 g/mol. The molecule has 1 atom stereocenters. The van der Waals surface area contributed by atoms with Gasteiger partial charge in [0.2, 0.25) is 0 Å². The summed E-state index contributed by atoms with van der Waals surface area (Å²) in [5.74, 6) is 0.669. The second kappa shape index (κ2) is 6.67. The van der Waals surface area contributed by atoms with Crippen LogP contribution in [-0.2, 0) is 6.42 Å². The van der Waals surface area contributed by atoms with Crippen LogP contribution in [0.1, 0.15) is 32.8 Å². The Kier molecular flexibility index (Phi) is 4.92. The number of rotatable bonds is 6. The van der Waals surface area contributed by atoms with Crippen LogP contribution in [-0.4, -0.2) is 17.6 Å². The maximum atomic E-state index is 4.53. The van der Waals surface area contributed by atoms with Gasteiger partial charge < -0.3 is 5.32 Å². The molecule has 0 bridgehead atoms.